The van der Waals surface area contributed by atoms with E-state index >= 15 is 0 Å². The molecule has 37 heavy (non-hydrogen) atoms. The van der Waals surface area contributed by atoms with Gasteiger partial charge in [-0.3, -0.25) is 9.59 Å². The second-order valence-corrected chi connectivity index (χ2v) is 9.41. The number of hydrogen-bond donors (Lipinski definition) is 1. The molecular weight excluding hydrogens is 468 g/mol. The lowest BCUT2D eigenvalue weighted by molar-refractivity contribution is -0.140. The second kappa shape index (κ2) is 10.0. The molecule has 1 unspecified atom stereocenters. The third-order valence-electron chi connectivity index (χ3n) is 6.82. The lowest BCUT2D eigenvalue weighted by atomic mass is 9.94. The minimum Gasteiger partial charge on any atom is -0.507 e. The number of aliphatic hydroxyl groups is 1. The van der Waals surface area contributed by atoms with Crippen LogP contribution in [0.15, 0.2) is 72.3 Å². The molecule has 0 saturated carbocycles. The van der Waals surface area contributed by atoms with Crippen molar-refractivity contribution in [2.45, 2.75) is 25.9 Å². The van der Waals surface area contributed by atoms with E-state index in [2.05, 4.69) is 0 Å². The van der Waals surface area contributed by atoms with Crippen LogP contribution < -0.4 is 14.4 Å². The van der Waals surface area contributed by atoms with Crippen molar-refractivity contribution in [1.29, 1.82) is 0 Å². The molecule has 190 valence electrons. The summed E-state index contributed by atoms with van der Waals surface area (Å²) in [5.74, 6) is 0.0143. The van der Waals surface area contributed by atoms with Gasteiger partial charge in [-0.15, -0.1) is 0 Å². The van der Waals surface area contributed by atoms with Crippen LogP contribution in [-0.4, -0.2) is 49.0 Å². The summed E-state index contributed by atoms with van der Waals surface area (Å²) in [5.41, 5.74) is 4.16. The number of amides is 1. The fourth-order valence-electron chi connectivity index (χ4n) is 4.89. The van der Waals surface area contributed by atoms with Gasteiger partial charge in [0.2, 0.25) is 0 Å². The number of benzene rings is 3. The highest BCUT2D eigenvalue weighted by Crippen LogP contribution is 2.41. The summed E-state index contributed by atoms with van der Waals surface area (Å²) >= 11 is 0. The number of ketones is 1. The lowest BCUT2D eigenvalue weighted by Gasteiger charge is -2.26. The third-order valence-corrected chi connectivity index (χ3v) is 6.82. The molecule has 0 bridgehead atoms. The second-order valence-electron chi connectivity index (χ2n) is 9.41. The van der Waals surface area contributed by atoms with E-state index < -0.39 is 17.7 Å². The lowest BCUT2D eigenvalue weighted by Crippen LogP contribution is -2.29. The summed E-state index contributed by atoms with van der Waals surface area (Å²) in [5, 5.41) is 11.4. The number of ether oxygens (including phenoxy) is 2. The first-order valence-corrected chi connectivity index (χ1v) is 12.4. The van der Waals surface area contributed by atoms with E-state index in [0.29, 0.717) is 18.8 Å². The highest BCUT2D eigenvalue weighted by molar-refractivity contribution is 6.46. The highest BCUT2D eigenvalue weighted by Gasteiger charge is 2.46. The van der Waals surface area contributed by atoms with Gasteiger partial charge in [0.1, 0.15) is 17.3 Å². The molecule has 5 rings (SSSR count). The van der Waals surface area contributed by atoms with Crippen LogP contribution >= 0.6 is 0 Å². The van der Waals surface area contributed by atoms with Crippen molar-refractivity contribution in [3.63, 3.8) is 0 Å². The molecule has 7 heteroatoms. The molecule has 3 aromatic carbocycles. The number of hydrogen-bond acceptors (Lipinski definition) is 6. The quantitative estimate of drug-likeness (QED) is 0.289. The van der Waals surface area contributed by atoms with Gasteiger partial charge in [-0.25, -0.2) is 0 Å². The van der Waals surface area contributed by atoms with Crippen molar-refractivity contribution in [3.8, 4) is 11.5 Å². The predicted molar refractivity (Wildman–Crippen MR) is 142 cm³/mol. The van der Waals surface area contributed by atoms with Gasteiger partial charge >= 0.3 is 0 Å². The van der Waals surface area contributed by atoms with Crippen LogP contribution in [0.25, 0.3) is 5.76 Å². The van der Waals surface area contributed by atoms with Crippen molar-refractivity contribution < 1.29 is 24.2 Å². The molecule has 1 N–H and O–H groups in total. The Hall–Kier alpha value is -4.26. The van der Waals surface area contributed by atoms with E-state index in [9.17, 15) is 14.7 Å². The van der Waals surface area contributed by atoms with Gasteiger partial charge in [0, 0.05) is 38.3 Å². The van der Waals surface area contributed by atoms with E-state index in [0.717, 1.165) is 40.3 Å². The average Bonchev–Trinajstić information content (AvgIpc) is 3.47. The van der Waals surface area contributed by atoms with Crippen LogP contribution in [0.1, 0.15) is 35.2 Å². The molecule has 1 saturated heterocycles. The Kier molecular flexibility index (Phi) is 6.61. The average molecular weight is 499 g/mol. The molecule has 0 aliphatic carbocycles. The summed E-state index contributed by atoms with van der Waals surface area (Å²) in [6, 6.07) is 19.8. The number of anilines is 1. The van der Waals surface area contributed by atoms with Crippen molar-refractivity contribution >= 4 is 23.1 Å². The van der Waals surface area contributed by atoms with Crippen LogP contribution in [0.4, 0.5) is 5.69 Å². The van der Waals surface area contributed by atoms with E-state index in [4.69, 9.17) is 9.47 Å². The minimum absolute atomic E-state index is 0.0902. The zero-order valence-corrected chi connectivity index (χ0v) is 21.2. The Morgan fingerprint density at radius 1 is 1.05 bits per heavy atom. The van der Waals surface area contributed by atoms with Crippen molar-refractivity contribution in [1.82, 2.24) is 4.90 Å². The molecule has 1 atom stereocenters. The Bertz CT molecular complexity index is 1360. The molecule has 0 radical (unpaired) electrons. The minimum atomic E-state index is -0.729. The number of likely N-dealkylation sites (tertiary alicyclic amines) is 1. The number of fused-ring (bicyclic) bond motifs is 1. The number of aliphatic hydroxyl groups excluding tert-OH is 1. The van der Waals surface area contributed by atoms with Crippen LogP contribution in [0.3, 0.4) is 0 Å². The molecule has 3 aromatic rings. The SMILES string of the molecule is CCOc1ccc(CN2C(=O)C(=O)/C(=C(\O)c3ccc4c(c3)CCO4)C2c2ccc(N(C)C)cc2)cc1. The standard InChI is InChI=1S/C30H30N2O5/c1-4-36-24-12-5-19(6-13-24)18-32-27(20-7-10-23(11-8-20)31(2)3)26(29(34)30(32)35)28(33)22-9-14-25-21(17-22)15-16-37-25/h5-14,17,27,33H,4,15-16,18H2,1-3H3/b28-26-. The highest BCUT2D eigenvalue weighted by atomic mass is 16.5. The molecule has 1 fully saturated rings. The van der Waals surface area contributed by atoms with Crippen LogP contribution in [0.5, 0.6) is 11.5 Å². The van der Waals surface area contributed by atoms with E-state index in [1.807, 2.05) is 80.5 Å². The molecule has 2 aliphatic heterocycles. The fourth-order valence-corrected chi connectivity index (χ4v) is 4.89. The normalized spacial score (nSPS) is 18.0. The Morgan fingerprint density at radius 2 is 1.78 bits per heavy atom. The van der Waals surface area contributed by atoms with Crippen molar-refractivity contribution in [2.24, 2.45) is 0 Å². The zero-order chi connectivity index (χ0) is 26.1. The number of rotatable bonds is 7. The Balaban J connectivity index is 1.58. The maximum atomic E-state index is 13.4. The van der Waals surface area contributed by atoms with Crippen LogP contribution in [0, 0.1) is 0 Å². The van der Waals surface area contributed by atoms with Gasteiger partial charge in [-0.1, -0.05) is 24.3 Å². The third kappa shape index (κ3) is 4.65. The zero-order valence-electron chi connectivity index (χ0n) is 21.2. The topological polar surface area (TPSA) is 79.3 Å². The fraction of sp³-hybridized carbons (Fsp3) is 0.267. The maximum absolute atomic E-state index is 13.4. The molecule has 0 spiro atoms. The van der Waals surface area contributed by atoms with E-state index in [-0.39, 0.29) is 17.9 Å². The van der Waals surface area contributed by atoms with E-state index in [1.54, 1.807) is 12.1 Å². The molecule has 2 aliphatic rings. The molecule has 2 heterocycles. The van der Waals surface area contributed by atoms with Crippen LogP contribution in [0.2, 0.25) is 0 Å². The molecule has 0 aromatic heterocycles. The summed E-state index contributed by atoms with van der Waals surface area (Å²) in [4.78, 5) is 30.3. The van der Waals surface area contributed by atoms with Gasteiger partial charge in [-0.05, 0) is 66.1 Å². The van der Waals surface area contributed by atoms with Gasteiger partial charge < -0.3 is 24.4 Å². The monoisotopic (exact) mass is 498 g/mol. The van der Waals surface area contributed by atoms with Crippen molar-refractivity contribution in [2.75, 3.05) is 32.2 Å². The largest absolute Gasteiger partial charge is 0.507 e. The summed E-state index contributed by atoms with van der Waals surface area (Å²) in [6.45, 7) is 3.28. The molecule has 1 amide bonds. The smallest absolute Gasteiger partial charge is 0.295 e. The van der Waals surface area contributed by atoms with Gasteiger partial charge in [0.25, 0.3) is 11.7 Å². The number of nitrogens with zero attached hydrogens (tertiary/aromatic N) is 2. The number of carbonyl (C=O) groups is 2. The summed E-state index contributed by atoms with van der Waals surface area (Å²) in [7, 11) is 3.90. The molecule has 7 nitrogen and oxygen atoms in total. The Morgan fingerprint density at radius 3 is 2.46 bits per heavy atom. The number of carbonyl (C=O) groups excluding carboxylic acids is 2. The predicted octanol–water partition coefficient (Wildman–Crippen LogP) is 4.71. The molecular formula is C30H30N2O5. The van der Waals surface area contributed by atoms with Gasteiger partial charge in [0.05, 0.1) is 24.8 Å². The first-order chi connectivity index (χ1) is 17.9. The first kappa shape index (κ1) is 24.4. The summed E-state index contributed by atoms with van der Waals surface area (Å²) < 4.78 is 11.1. The van der Waals surface area contributed by atoms with E-state index in [1.165, 1.54) is 4.90 Å². The van der Waals surface area contributed by atoms with Crippen molar-refractivity contribution in [3.05, 3.63) is 94.6 Å². The van der Waals surface area contributed by atoms with Gasteiger partial charge in [0.15, 0.2) is 0 Å². The van der Waals surface area contributed by atoms with Gasteiger partial charge in [-0.2, -0.15) is 0 Å². The number of Topliss-reactive ketones (excluding diaryl/α,β-unsaturated/α-hetero) is 1. The maximum Gasteiger partial charge on any atom is 0.295 e. The van der Waals surface area contributed by atoms with Crippen LogP contribution in [-0.2, 0) is 22.6 Å². The Labute approximate surface area is 216 Å². The summed E-state index contributed by atoms with van der Waals surface area (Å²) in [6.07, 6.45) is 0.734. The first-order valence-electron chi connectivity index (χ1n) is 12.4.